The minimum Gasteiger partial charge on any atom is -0.449 e. The van der Waals surface area contributed by atoms with Crippen molar-refractivity contribution >= 4 is 22.4 Å². The van der Waals surface area contributed by atoms with Crippen molar-refractivity contribution in [2.75, 3.05) is 11.5 Å². The number of benzene rings is 1. The molecule has 150 valence electrons. The number of carbonyl (C=O) groups is 1. The summed E-state index contributed by atoms with van der Waals surface area (Å²) in [6.07, 6.45) is 3.65. The molecule has 1 aromatic heterocycles. The first kappa shape index (κ1) is 19.3. The van der Waals surface area contributed by atoms with Crippen LogP contribution in [-0.2, 0) is 11.3 Å². The maximum Gasteiger partial charge on any atom is 0.415 e. The number of piperidine rings is 1. The molecule has 3 heterocycles. The molecule has 2 saturated heterocycles. The van der Waals surface area contributed by atoms with Gasteiger partial charge >= 0.3 is 6.09 Å². The monoisotopic (exact) mass is 410 g/mol. The zero-order chi connectivity index (χ0) is 19.7. The number of ether oxygens (including phenoxy) is 1. The number of fused-ring (bicyclic) bond motifs is 2. The second-order valence-electron chi connectivity index (χ2n) is 7.42. The van der Waals surface area contributed by atoms with Crippen molar-refractivity contribution in [3.8, 4) is 0 Å². The minimum absolute atomic E-state index is 0.107. The fraction of sp³-hybridized carbons (Fsp3) is 0.450. The molecule has 1 amide bonds. The van der Waals surface area contributed by atoms with Crippen LogP contribution in [-0.4, -0.2) is 24.8 Å². The average molecular weight is 410 g/mol. The van der Waals surface area contributed by atoms with Gasteiger partial charge in [0.25, 0.3) is 0 Å². The van der Waals surface area contributed by atoms with Gasteiger partial charge in [-0.3, -0.25) is 4.90 Å². The zero-order valence-corrected chi connectivity index (χ0v) is 16.0. The van der Waals surface area contributed by atoms with Gasteiger partial charge in [-0.1, -0.05) is 6.07 Å². The van der Waals surface area contributed by atoms with Gasteiger partial charge in [0, 0.05) is 17.6 Å². The van der Waals surface area contributed by atoms with E-state index < -0.39 is 23.5 Å². The summed E-state index contributed by atoms with van der Waals surface area (Å²) in [6, 6.07) is 6.45. The third kappa shape index (κ3) is 4.03. The van der Waals surface area contributed by atoms with Crippen LogP contribution in [0.25, 0.3) is 0 Å². The second-order valence-corrected chi connectivity index (χ2v) is 8.35. The van der Waals surface area contributed by atoms with Gasteiger partial charge in [-0.25, -0.2) is 18.0 Å². The molecular formula is C20H21F3N2O2S. The van der Waals surface area contributed by atoms with Crippen molar-refractivity contribution in [1.82, 2.24) is 5.32 Å². The number of amides is 1. The molecule has 2 aromatic rings. The summed E-state index contributed by atoms with van der Waals surface area (Å²) in [5.41, 5.74) is -0.107. The highest BCUT2D eigenvalue weighted by atomic mass is 32.1. The largest absolute Gasteiger partial charge is 0.449 e. The zero-order valence-electron chi connectivity index (χ0n) is 15.2. The van der Waals surface area contributed by atoms with Crippen molar-refractivity contribution in [2.24, 2.45) is 5.92 Å². The Hall–Kier alpha value is -2.06. The molecule has 4 rings (SSSR count). The number of anilines is 1. The number of rotatable bonds is 5. The Bertz CT molecular complexity index is 834. The molecule has 0 unspecified atom stereocenters. The average Bonchev–Trinajstić information content (AvgIpc) is 3.33. The van der Waals surface area contributed by atoms with E-state index in [1.807, 2.05) is 0 Å². The standard InChI is InChI=1S/C20H21F3N2O2S/c21-16-6-3-13(18(22)19(16)23)10-25(17-2-1-7-28-17)20(26)27-11-12-8-14-4-5-15(9-12)24-14/h1-3,6-7,12,14-15,24H,4-5,8-11H2/t12-,14+,15-. The number of nitrogens with zero attached hydrogens (tertiary/aromatic N) is 1. The predicted octanol–water partition coefficient (Wildman–Crippen LogP) is 4.84. The lowest BCUT2D eigenvalue weighted by molar-refractivity contribution is 0.116. The lowest BCUT2D eigenvalue weighted by atomic mass is 9.93. The first-order chi connectivity index (χ1) is 13.5. The number of nitrogens with one attached hydrogen (secondary N) is 1. The smallest absolute Gasteiger partial charge is 0.415 e. The van der Waals surface area contributed by atoms with E-state index >= 15 is 0 Å². The third-order valence-corrected chi connectivity index (χ3v) is 6.34. The van der Waals surface area contributed by atoms with Crippen molar-refractivity contribution in [1.29, 1.82) is 0 Å². The maximum absolute atomic E-state index is 14.1. The Balaban J connectivity index is 1.45. The predicted molar refractivity (Wildman–Crippen MR) is 101 cm³/mol. The summed E-state index contributed by atoms with van der Waals surface area (Å²) < 4.78 is 46.4. The number of carbonyl (C=O) groups excluding carboxylic acids is 1. The highest BCUT2D eigenvalue weighted by Gasteiger charge is 2.34. The van der Waals surface area contributed by atoms with Crippen LogP contribution in [0.2, 0.25) is 0 Å². The summed E-state index contributed by atoms with van der Waals surface area (Å²) in [5.74, 6) is -3.79. The topological polar surface area (TPSA) is 41.6 Å². The molecule has 2 aliphatic rings. The quantitative estimate of drug-likeness (QED) is 0.718. The van der Waals surface area contributed by atoms with E-state index in [2.05, 4.69) is 5.32 Å². The number of halogens is 3. The van der Waals surface area contributed by atoms with Crippen molar-refractivity contribution in [3.05, 3.63) is 52.7 Å². The highest BCUT2D eigenvalue weighted by Crippen LogP contribution is 2.32. The van der Waals surface area contributed by atoms with Crippen molar-refractivity contribution < 1.29 is 22.7 Å². The van der Waals surface area contributed by atoms with E-state index in [1.165, 1.54) is 16.2 Å². The van der Waals surface area contributed by atoms with Crippen LogP contribution in [0.1, 0.15) is 31.2 Å². The van der Waals surface area contributed by atoms with Gasteiger partial charge in [0.15, 0.2) is 17.5 Å². The van der Waals surface area contributed by atoms with Crippen LogP contribution in [0, 0.1) is 23.4 Å². The summed E-state index contributed by atoms with van der Waals surface area (Å²) in [5, 5.41) is 5.88. The first-order valence-corrected chi connectivity index (χ1v) is 10.3. The maximum atomic E-state index is 14.1. The SMILES string of the molecule is O=C(OC[C@H]1C[C@H]2CC[C@@H](C1)N2)N(Cc1ccc(F)c(F)c1F)c1cccs1. The van der Waals surface area contributed by atoms with Gasteiger partial charge < -0.3 is 10.1 Å². The fourth-order valence-corrected chi connectivity index (χ4v) is 4.81. The second kappa shape index (κ2) is 8.13. The lowest BCUT2D eigenvalue weighted by Crippen LogP contribution is -2.40. The number of hydrogen-bond donors (Lipinski definition) is 1. The van der Waals surface area contributed by atoms with E-state index in [1.54, 1.807) is 17.5 Å². The van der Waals surface area contributed by atoms with Crippen molar-refractivity contribution in [2.45, 2.75) is 44.3 Å². The third-order valence-electron chi connectivity index (χ3n) is 5.45. The molecule has 0 aliphatic carbocycles. The van der Waals surface area contributed by atoms with Crippen molar-refractivity contribution in [3.63, 3.8) is 0 Å². The van der Waals surface area contributed by atoms with E-state index in [4.69, 9.17) is 4.74 Å². The van der Waals surface area contributed by atoms with Gasteiger partial charge in [0.2, 0.25) is 0 Å². The summed E-state index contributed by atoms with van der Waals surface area (Å²) in [7, 11) is 0. The van der Waals surface area contributed by atoms with Gasteiger partial charge in [0.05, 0.1) is 13.2 Å². The Kier molecular flexibility index (Phi) is 5.59. The minimum atomic E-state index is -1.54. The first-order valence-electron chi connectivity index (χ1n) is 9.37. The molecule has 28 heavy (non-hydrogen) atoms. The fourth-order valence-electron chi connectivity index (χ4n) is 4.09. The molecule has 2 bridgehead atoms. The molecule has 0 radical (unpaired) electrons. The van der Waals surface area contributed by atoms with Crippen LogP contribution in [0.4, 0.5) is 23.0 Å². The van der Waals surface area contributed by atoms with E-state index in [-0.39, 0.29) is 12.1 Å². The normalized spacial score (nSPS) is 23.6. The van der Waals surface area contributed by atoms with Crippen LogP contribution in [0.15, 0.2) is 29.6 Å². The van der Waals surface area contributed by atoms with Gasteiger partial charge in [0.1, 0.15) is 5.00 Å². The lowest BCUT2D eigenvalue weighted by Gasteiger charge is -2.29. The summed E-state index contributed by atoms with van der Waals surface area (Å²) >= 11 is 1.29. The molecule has 0 spiro atoms. The van der Waals surface area contributed by atoms with E-state index in [9.17, 15) is 18.0 Å². The van der Waals surface area contributed by atoms with Gasteiger partial charge in [-0.2, -0.15) is 0 Å². The highest BCUT2D eigenvalue weighted by molar-refractivity contribution is 7.14. The molecule has 1 aromatic carbocycles. The number of thiophene rings is 1. The summed E-state index contributed by atoms with van der Waals surface area (Å²) in [6.45, 7) is 0.0650. The Morgan fingerprint density at radius 1 is 1.14 bits per heavy atom. The molecule has 2 fully saturated rings. The summed E-state index contributed by atoms with van der Waals surface area (Å²) in [4.78, 5) is 14.0. The molecule has 0 saturated carbocycles. The van der Waals surface area contributed by atoms with Crippen LogP contribution in [0.3, 0.4) is 0 Å². The van der Waals surface area contributed by atoms with Crippen LogP contribution in [0.5, 0.6) is 0 Å². The Morgan fingerprint density at radius 2 is 1.89 bits per heavy atom. The Labute approximate surface area is 165 Å². The van der Waals surface area contributed by atoms with E-state index in [0.29, 0.717) is 29.6 Å². The molecule has 1 N–H and O–H groups in total. The molecule has 2 aliphatic heterocycles. The van der Waals surface area contributed by atoms with Crippen LogP contribution < -0.4 is 10.2 Å². The molecular weight excluding hydrogens is 389 g/mol. The van der Waals surface area contributed by atoms with Crippen LogP contribution >= 0.6 is 11.3 Å². The Morgan fingerprint density at radius 3 is 2.57 bits per heavy atom. The van der Waals surface area contributed by atoms with Gasteiger partial charge in [-0.15, -0.1) is 11.3 Å². The molecule has 4 nitrogen and oxygen atoms in total. The molecule has 3 atom stereocenters. The van der Waals surface area contributed by atoms with Gasteiger partial charge in [-0.05, 0) is 55.2 Å². The molecule has 8 heteroatoms. The number of hydrogen-bond acceptors (Lipinski definition) is 4. The van der Waals surface area contributed by atoms with E-state index in [0.717, 1.165) is 37.8 Å².